The van der Waals surface area contributed by atoms with E-state index in [1.165, 1.54) is 35.2 Å². The second-order valence-electron chi connectivity index (χ2n) is 9.52. The molecule has 182 valence electrons. The summed E-state index contributed by atoms with van der Waals surface area (Å²) in [6.07, 6.45) is 10.5. The van der Waals surface area contributed by atoms with E-state index in [4.69, 9.17) is 5.73 Å². The SMILES string of the molecule is C/C=C(CN)/C(=C/CC)CC1CCC(C)N1C(C)C.CNc1ccc2c(n1)CCN(C)C2.[HH]. The molecule has 2 aliphatic heterocycles. The van der Waals surface area contributed by atoms with Gasteiger partial charge < -0.3 is 16.0 Å². The standard InChI is InChI=1S/C17H32N2.C10H15N3.H2/c1-6-8-16(15(7-2)12-18)11-17-10-9-14(5)19(17)13(3)4;1-11-10-4-3-8-7-13(2)6-5-9(8)12-10;/h7-8,13-14,17H,6,9-12,18H2,1-5H3;3-4H,5-7H2,1-2H3,(H,11,12);1H/b15-7+,16-8+;;. The van der Waals surface area contributed by atoms with Crippen molar-refractivity contribution in [3.05, 3.63) is 46.7 Å². The molecule has 0 aliphatic carbocycles. The zero-order valence-corrected chi connectivity index (χ0v) is 21.6. The number of allylic oxidation sites excluding steroid dienone is 2. The topological polar surface area (TPSA) is 57.4 Å². The van der Waals surface area contributed by atoms with Gasteiger partial charge in [-0.25, -0.2) is 4.98 Å². The maximum absolute atomic E-state index is 5.89. The number of nitrogens with zero attached hydrogens (tertiary/aromatic N) is 3. The van der Waals surface area contributed by atoms with Gasteiger partial charge in [0.1, 0.15) is 5.82 Å². The summed E-state index contributed by atoms with van der Waals surface area (Å²) in [5.41, 5.74) is 11.3. The number of aromatic nitrogens is 1. The van der Waals surface area contributed by atoms with E-state index < -0.39 is 0 Å². The fourth-order valence-corrected chi connectivity index (χ4v) is 5.21. The fourth-order valence-electron chi connectivity index (χ4n) is 5.21. The van der Waals surface area contributed by atoms with Gasteiger partial charge in [0.05, 0.1) is 0 Å². The Bertz CT molecular complexity index is 774. The lowest BCUT2D eigenvalue weighted by molar-refractivity contribution is 0.157. The molecule has 1 aromatic rings. The highest BCUT2D eigenvalue weighted by Gasteiger charge is 2.32. The fraction of sp³-hybridized carbons (Fsp3) is 0.667. The summed E-state index contributed by atoms with van der Waals surface area (Å²) in [7, 11) is 4.05. The van der Waals surface area contributed by atoms with Gasteiger partial charge in [0.15, 0.2) is 0 Å². The van der Waals surface area contributed by atoms with Crippen LogP contribution in [0.3, 0.4) is 0 Å². The molecule has 3 N–H and O–H groups in total. The van der Waals surface area contributed by atoms with E-state index in [0.29, 0.717) is 18.6 Å². The highest BCUT2D eigenvalue weighted by Crippen LogP contribution is 2.32. The van der Waals surface area contributed by atoms with Crippen molar-refractivity contribution in [1.82, 2.24) is 14.8 Å². The van der Waals surface area contributed by atoms with Crippen LogP contribution in [-0.4, -0.2) is 60.1 Å². The molecule has 5 nitrogen and oxygen atoms in total. The molecule has 1 saturated heterocycles. The molecule has 1 aromatic heterocycles. The van der Waals surface area contributed by atoms with E-state index in [1.54, 1.807) is 0 Å². The van der Waals surface area contributed by atoms with Gasteiger partial charge in [0, 0.05) is 58.3 Å². The average molecular weight is 444 g/mol. The molecule has 2 aliphatic rings. The first-order valence-electron chi connectivity index (χ1n) is 12.5. The van der Waals surface area contributed by atoms with E-state index in [9.17, 15) is 0 Å². The molecule has 0 amide bonds. The van der Waals surface area contributed by atoms with Crippen molar-refractivity contribution in [3.8, 4) is 0 Å². The first-order valence-corrected chi connectivity index (χ1v) is 12.5. The Kier molecular flexibility index (Phi) is 10.9. The summed E-state index contributed by atoms with van der Waals surface area (Å²) < 4.78 is 0. The van der Waals surface area contributed by atoms with E-state index >= 15 is 0 Å². The van der Waals surface area contributed by atoms with Crippen molar-refractivity contribution in [2.45, 2.75) is 91.4 Å². The normalized spacial score (nSPS) is 22.5. The van der Waals surface area contributed by atoms with Crippen molar-refractivity contribution in [3.63, 3.8) is 0 Å². The molecule has 0 aromatic carbocycles. The van der Waals surface area contributed by atoms with Crippen molar-refractivity contribution in [2.24, 2.45) is 5.73 Å². The van der Waals surface area contributed by atoms with Crippen LogP contribution in [0.4, 0.5) is 5.82 Å². The smallest absolute Gasteiger partial charge is 0.125 e. The molecule has 32 heavy (non-hydrogen) atoms. The number of nitrogens with two attached hydrogens (primary N) is 1. The lowest BCUT2D eigenvalue weighted by atomic mass is 9.95. The van der Waals surface area contributed by atoms with Gasteiger partial charge in [-0.15, -0.1) is 0 Å². The van der Waals surface area contributed by atoms with Gasteiger partial charge in [0.25, 0.3) is 0 Å². The van der Waals surface area contributed by atoms with Crippen molar-refractivity contribution >= 4 is 5.82 Å². The average Bonchev–Trinajstić information content (AvgIpc) is 3.15. The first kappa shape index (κ1) is 26.6. The van der Waals surface area contributed by atoms with Crippen molar-refractivity contribution in [2.75, 3.05) is 32.5 Å². The summed E-state index contributed by atoms with van der Waals surface area (Å²) >= 11 is 0. The highest BCUT2D eigenvalue weighted by atomic mass is 15.2. The first-order chi connectivity index (χ1) is 15.3. The Labute approximate surface area is 198 Å². The Morgan fingerprint density at radius 1 is 1.31 bits per heavy atom. The van der Waals surface area contributed by atoms with Crippen LogP contribution in [0.2, 0.25) is 0 Å². The quantitative estimate of drug-likeness (QED) is 0.565. The number of anilines is 1. The van der Waals surface area contributed by atoms with Gasteiger partial charge in [-0.1, -0.05) is 25.1 Å². The van der Waals surface area contributed by atoms with Gasteiger partial charge in [-0.2, -0.15) is 0 Å². The van der Waals surface area contributed by atoms with Crippen molar-refractivity contribution < 1.29 is 1.43 Å². The molecule has 0 saturated carbocycles. The molecular formula is C27H49N5. The number of nitrogens with one attached hydrogen (secondary N) is 1. The predicted octanol–water partition coefficient (Wildman–Crippen LogP) is 5.24. The van der Waals surface area contributed by atoms with Crippen LogP contribution in [0, 0.1) is 0 Å². The zero-order chi connectivity index (χ0) is 23.7. The number of likely N-dealkylation sites (tertiary alicyclic amines) is 1. The monoisotopic (exact) mass is 443 g/mol. The second-order valence-corrected chi connectivity index (χ2v) is 9.52. The maximum atomic E-state index is 5.89. The number of pyridine rings is 1. The minimum absolute atomic E-state index is 0. The number of rotatable bonds is 7. The molecule has 2 unspecified atom stereocenters. The summed E-state index contributed by atoms with van der Waals surface area (Å²) in [6, 6.07) is 6.26. The number of likely N-dealkylation sites (N-methyl/N-ethyl adjacent to an activating group) is 1. The van der Waals surface area contributed by atoms with Crippen LogP contribution in [0.1, 0.15) is 73.0 Å². The molecule has 0 bridgehead atoms. The molecule has 1 fully saturated rings. The van der Waals surface area contributed by atoms with E-state index in [-0.39, 0.29) is 1.43 Å². The third kappa shape index (κ3) is 7.16. The summed E-state index contributed by atoms with van der Waals surface area (Å²) in [5, 5.41) is 3.06. The molecule has 0 spiro atoms. The Morgan fingerprint density at radius 3 is 2.66 bits per heavy atom. The molecule has 5 heteroatoms. The third-order valence-electron chi connectivity index (χ3n) is 6.83. The largest absolute Gasteiger partial charge is 0.373 e. The van der Waals surface area contributed by atoms with Gasteiger partial charge in [-0.3, -0.25) is 4.90 Å². The molecule has 0 radical (unpaired) electrons. The maximum Gasteiger partial charge on any atom is 0.125 e. The van der Waals surface area contributed by atoms with Gasteiger partial charge >= 0.3 is 0 Å². The van der Waals surface area contributed by atoms with Crippen LogP contribution in [0.25, 0.3) is 0 Å². The van der Waals surface area contributed by atoms with Crippen LogP contribution < -0.4 is 11.1 Å². The van der Waals surface area contributed by atoms with Crippen molar-refractivity contribution in [1.29, 1.82) is 0 Å². The minimum atomic E-state index is 0. The minimum Gasteiger partial charge on any atom is -0.373 e. The predicted molar refractivity (Wildman–Crippen MR) is 141 cm³/mol. The lowest BCUT2D eigenvalue weighted by Crippen LogP contribution is -2.40. The Morgan fingerprint density at radius 2 is 2.06 bits per heavy atom. The Balaban J connectivity index is 0.000000339. The summed E-state index contributed by atoms with van der Waals surface area (Å²) in [4.78, 5) is 9.54. The van der Waals surface area contributed by atoms with Crippen LogP contribution in [0.5, 0.6) is 0 Å². The Hall–Kier alpha value is -1.69. The van der Waals surface area contributed by atoms with Crippen LogP contribution in [-0.2, 0) is 13.0 Å². The molecule has 3 rings (SSSR count). The molecular weight excluding hydrogens is 394 g/mol. The lowest BCUT2D eigenvalue weighted by Gasteiger charge is -2.33. The summed E-state index contributed by atoms with van der Waals surface area (Å²) in [5.74, 6) is 0.975. The molecule has 2 atom stereocenters. The number of hydrogen-bond acceptors (Lipinski definition) is 5. The number of fused-ring (bicyclic) bond motifs is 1. The number of hydrogen-bond donors (Lipinski definition) is 2. The highest BCUT2D eigenvalue weighted by molar-refractivity contribution is 5.39. The van der Waals surface area contributed by atoms with E-state index in [0.717, 1.165) is 44.2 Å². The van der Waals surface area contributed by atoms with Gasteiger partial charge in [0.2, 0.25) is 0 Å². The van der Waals surface area contributed by atoms with E-state index in [2.05, 4.69) is 80.0 Å². The second kappa shape index (κ2) is 13.1. The summed E-state index contributed by atoms with van der Waals surface area (Å²) in [6.45, 7) is 14.1. The van der Waals surface area contributed by atoms with Crippen LogP contribution in [0.15, 0.2) is 35.4 Å². The zero-order valence-electron chi connectivity index (χ0n) is 21.6. The van der Waals surface area contributed by atoms with Crippen LogP contribution >= 0.6 is 0 Å². The molecule has 3 heterocycles. The van der Waals surface area contributed by atoms with E-state index in [1.807, 2.05) is 13.1 Å². The third-order valence-corrected chi connectivity index (χ3v) is 6.83. The van der Waals surface area contributed by atoms with Gasteiger partial charge in [-0.05, 0) is 83.2 Å².